The monoisotopic (exact) mass is 319 g/mol. The van der Waals surface area contributed by atoms with Crippen LogP contribution in [0, 0.1) is 0 Å². The molecular formula is C14H10BrNO3. The molecule has 0 saturated heterocycles. The van der Waals surface area contributed by atoms with Gasteiger partial charge in [-0.15, -0.1) is 0 Å². The van der Waals surface area contributed by atoms with Crippen molar-refractivity contribution in [3.63, 3.8) is 0 Å². The van der Waals surface area contributed by atoms with Crippen LogP contribution >= 0.6 is 15.9 Å². The lowest BCUT2D eigenvalue weighted by Gasteiger charge is -2.04. The van der Waals surface area contributed by atoms with Gasteiger partial charge in [0.2, 0.25) is 0 Å². The van der Waals surface area contributed by atoms with Crippen LogP contribution in [0.1, 0.15) is 15.9 Å². The lowest BCUT2D eigenvalue weighted by molar-refractivity contribution is 0.0734. The highest BCUT2D eigenvalue weighted by molar-refractivity contribution is 9.10. The zero-order valence-corrected chi connectivity index (χ0v) is 11.4. The van der Waals surface area contributed by atoms with Crippen molar-refractivity contribution >= 4 is 28.1 Å². The van der Waals surface area contributed by atoms with E-state index in [1.807, 2.05) is 0 Å². The summed E-state index contributed by atoms with van der Waals surface area (Å²) in [6.07, 6.45) is 1.29. The summed E-state index contributed by atoms with van der Waals surface area (Å²) in [5.74, 6) is 0.0130. The molecule has 0 spiro atoms. The summed E-state index contributed by atoms with van der Waals surface area (Å²) in [5, 5.41) is 11.3. The molecule has 0 aliphatic carbocycles. The Morgan fingerprint density at radius 2 is 1.74 bits per heavy atom. The summed E-state index contributed by atoms with van der Waals surface area (Å²) in [4.78, 5) is 11.8. The van der Waals surface area contributed by atoms with Gasteiger partial charge in [0.05, 0.1) is 11.8 Å². The molecule has 0 aliphatic heterocycles. The van der Waals surface area contributed by atoms with Gasteiger partial charge in [0.15, 0.2) is 0 Å². The van der Waals surface area contributed by atoms with Crippen molar-refractivity contribution in [2.45, 2.75) is 0 Å². The lowest BCUT2D eigenvalue weighted by atomic mass is 10.2. The molecule has 1 N–H and O–H groups in total. The first-order valence-corrected chi connectivity index (χ1v) is 6.23. The number of rotatable bonds is 3. The molecular weight excluding hydrogens is 310 g/mol. The molecule has 0 radical (unpaired) electrons. The Labute approximate surface area is 118 Å². The molecule has 4 nitrogen and oxygen atoms in total. The minimum Gasteiger partial charge on any atom is -0.423 e. The fraction of sp³-hybridized carbons (Fsp3) is 0. The van der Waals surface area contributed by atoms with Crippen molar-refractivity contribution in [1.29, 1.82) is 0 Å². The number of benzene rings is 2. The first kappa shape index (κ1) is 13.3. The maximum absolute atomic E-state index is 11.8. The van der Waals surface area contributed by atoms with E-state index in [0.717, 1.165) is 4.47 Å². The number of oxime groups is 1. The SMILES string of the molecule is O=C(Oc1ccc(C=NO)cc1)c1ccc(Br)cc1. The summed E-state index contributed by atoms with van der Waals surface area (Å²) in [6.45, 7) is 0. The number of esters is 1. The molecule has 0 unspecified atom stereocenters. The zero-order chi connectivity index (χ0) is 13.7. The number of hydrogen-bond donors (Lipinski definition) is 1. The van der Waals surface area contributed by atoms with E-state index in [1.165, 1.54) is 6.21 Å². The van der Waals surface area contributed by atoms with Crippen LogP contribution in [0.15, 0.2) is 58.2 Å². The Morgan fingerprint density at radius 1 is 1.11 bits per heavy atom. The van der Waals surface area contributed by atoms with Gasteiger partial charge < -0.3 is 9.94 Å². The molecule has 0 heterocycles. The average Bonchev–Trinajstić information content (AvgIpc) is 2.42. The fourth-order valence-electron chi connectivity index (χ4n) is 1.44. The van der Waals surface area contributed by atoms with Gasteiger partial charge >= 0.3 is 5.97 Å². The van der Waals surface area contributed by atoms with Crippen molar-refractivity contribution in [1.82, 2.24) is 0 Å². The maximum Gasteiger partial charge on any atom is 0.343 e. The molecule has 0 bridgehead atoms. The predicted molar refractivity (Wildman–Crippen MR) is 74.9 cm³/mol. The highest BCUT2D eigenvalue weighted by Crippen LogP contribution is 2.15. The molecule has 0 amide bonds. The normalized spacial score (nSPS) is 10.6. The van der Waals surface area contributed by atoms with Crippen LogP contribution in [-0.4, -0.2) is 17.4 Å². The zero-order valence-electron chi connectivity index (χ0n) is 9.79. The fourth-order valence-corrected chi connectivity index (χ4v) is 1.70. The number of carbonyl (C=O) groups is 1. The van der Waals surface area contributed by atoms with Crippen LogP contribution in [0.5, 0.6) is 5.75 Å². The minimum absolute atomic E-state index is 0.420. The first-order chi connectivity index (χ1) is 9.19. The molecule has 0 saturated carbocycles. The molecule has 0 aromatic heterocycles. The molecule has 5 heteroatoms. The molecule has 96 valence electrons. The minimum atomic E-state index is -0.420. The number of ether oxygens (including phenoxy) is 1. The van der Waals surface area contributed by atoms with E-state index in [1.54, 1.807) is 48.5 Å². The highest BCUT2D eigenvalue weighted by Gasteiger charge is 2.07. The van der Waals surface area contributed by atoms with E-state index in [9.17, 15) is 4.79 Å². The van der Waals surface area contributed by atoms with Gasteiger partial charge in [0.1, 0.15) is 5.75 Å². The Kier molecular flexibility index (Phi) is 4.30. The first-order valence-electron chi connectivity index (χ1n) is 5.44. The van der Waals surface area contributed by atoms with Crippen molar-refractivity contribution in [2.24, 2.45) is 5.16 Å². The topological polar surface area (TPSA) is 58.9 Å². The lowest BCUT2D eigenvalue weighted by Crippen LogP contribution is -2.08. The van der Waals surface area contributed by atoms with E-state index in [4.69, 9.17) is 9.94 Å². The Bertz CT molecular complexity index is 591. The third-order valence-corrected chi connectivity index (χ3v) is 2.91. The molecule has 0 aliphatic rings. The molecule has 19 heavy (non-hydrogen) atoms. The Hall–Kier alpha value is -2.14. The van der Waals surface area contributed by atoms with Gasteiger partial charge in [0.25, 0.3) is 0 Å². The van der Waals surface area contributed by atoms with E-state index in [-0.39, 0.29) is 0 Å². The van der Waals surface area contributed by atoms with E-state index >= 15 is 0 Å². The van der Waals surface area contributed by atoms with Gasteiger partial charge in [-0.3, -0.25) is 0 Å². The van der Waals surface area contributed by atoms with Crippen LogP contribution in [-0.2, 0) is 0 Å². The summed E-state index contributed by atoms with van der Waals surface area (Å²) in [7, 11) is 0. The second-order valence-corrected chi connectivity index (χ2v) is 4.63. The van der Waals surface area contributed by atoms with E-state index in [0.29, 0.717) is 16.9 Å². The van der Waals surface area contributed by atoms with Crippen LogP contribution in [0.25, 0.3) is 0 Å². The highest BCUT2D eigenvalue weighted by atomic mass is 79.9. The van der Waals surface area contributed by atoms with Crippen molar-refractivity contribution in [3.8, 4) is 5.75 Å². The quantitative estimate of drug-likeness (QED) is 0.310. The number of hydrogen-bond acceptors (Lipinski definition) is 4. The van der Waals surface area contributed by atoms with Crippen LogP contribution < -0.4 is 4.74 Å². The van der Waals surface area contributed by atoms with Gasteiger partial charge in [-0.05, 0) is 54.1 Å². The predicted octanol–water partition coefficient (Wildman–Crippen LogP) is 3.48. The van der Waals surface area contributed by atoms with E-state index < -0.39 is 5.97 Å². The number of halogens is 1. The molecule has 2 aromatic rings. The van der Waals surface area contributed by atoms with Crippen LogP contribution in [0.3, 0.4) is 0 Å². The van der Waals surface area contributed by atoms with E-state index in [2.05, 4.69) is 21.1 Å². The summed E-state index contributed by atoms with van der Waals surface area (Å²) < 4.78 is 6.11. The summed E-state index contributed by atoms with van der Waals surface area (Å²) >= 11 is 3.30. The smallest absolute Gasteiger partial charge is 0.343 e. The second-order valence-electron chi connectivity index (χ2n) is 3.71. The van der Waals surface area contributed by atoms with Gasteiger partial charge in [0, 0.05) is 4.47 Å². The number of nitrogens with zero attached hydrogens (tertiary/aromatic N) is 1. The van der Waals surface area contributed by atoms with Crippen LogP contribution in [0.4, 0.5) is 0 Å². The van der Waals surface area contributed by atoms with Crippen molar-refractivity contribution in [2.75, 3.05) is 0 Å². The third kappa shape index (κ3) is 3.66. The Balaban J connectivity index is 2.08. The van der Waals surface area contributed by atoms with Gasteiger partial charge in [-0.2, -0.15) is 0 Å². The largest absolute Gasteiger partial charge is 0.423 e. The van der Waals surface area contributed by atoms with Crippen molar-refractivity contribution in [3.05, 3.63) is 64.1 Å². The molecule has 2 aromatic carbocycles. The molecule has 2 rings (SSSR count). The molecule has 0 fully saturated rings. The maximum atomic E-state index is 11.8. The molecule has 0 atom stereocenters. The summed E-state index contributed by atoms with van der Waals surface area (Å²) in [6, 6.07) is 13.5. The van der Waals surface area contributed by atoms with Gasteiger partial charge in [-0.25, -0.2) is 4.79 Å². The standard InChI is InChI=1S/C14H10BrNO3/c15-12-5-3-11(4-6-12)14(17)19-13-7-1-10(2-8-13)9-16-18/h1-9,18H. The summed E-state index contributed by atoms with van der Waals surface area (Å²) in [5.41, 5.74) is 1.19. The van der Waals surface area contributed by atoms with Crippen LogP contribution in [0.2, 0.25) is 0 Å². The number of carbonyl (C=O) groups excluding carboxylic acids is 1. The average molecular weight is 320 g/mol. The third-order valence-electron chi connectivity index (χ3n) is 2.38. The van der Waals surface area contributed by atoms with Crippen molar-refractivity contribution < 1.29 is 14.7 Å². The second kappa shape index (κ2) is 6.15. The Morgan fingerprint density at radius 3 is 2.32 bits per heavy atom. The van der Waals surface area contributed by atoms with Gasteiger partial charge in [-0.1, -0.05) is 21.1 Å².